The number of hydrogen-bond donors (Lipinski definition) is 0. The van der Waals surface area contributed by atoms with Crippen molar-refractivity contribution in [1.82, 2.24) is 0 Å². The fourth-order valence-corrected chi connectivity index (χ4v) is 35.9. The molecule has 2 aliphatic carbocycles. The molecular weight excluding hydrogens is 814 g/mol. The van der Waals surface area contributed by atoms with E-state index < -0.39 is 15.7 Å². The van der Waals surface area contributed by atoms with E-state index in [4.69, 9.17) is 17.2 Å². The van der Waals surface area contributed by atoms with E-state index in [1.54, 1.807) is 0 Å². The molecule has 0 heterocycles. The third kappa shape index (κ3) is 6.93. The summed E-state index contributed by atoms with van der Waals surface area (Å²) in [6, 6.07) is 32.8. The zero-order chi connectivity index (χ0) is 35.9. The number of unbranched alkanes of at least 4 members (excludes halogenated alkanes) is 2. The molecule has 0 nitrogen and oxygen atoms in total. The fraction of sp³-hybridized carbons (Fsp3) is 0.383. The van der Waals surface area contributed by atoms with Crippen LogP contribution in [0.3, 0.4) is 0 Å². The van der Waals surface area contributed by atoms with Crippen molar-refractivity contribution in [2.24, 2.45) is 0 Å². The molecule has 262 valence electrons. The van der Waals surface area contributed by atoms with Crippen molar-refractivity contribution in [3.8, 4) is 11.1 Å². The van der Waals surface area contributed by atoms with E-state index in [-0.39, 0.29) is 18.2 Å². The molecule has 4 aromatic rings. The van der Waals surface area contributed by atoms with Crippen molar-refractivity contribution in [1.29, 1.82) is 0 Å². The number of allylic oxidation sites excluding steroid dienone is 4. The topological polar surface area (TPSA) is 0 Å². The van der Waals surface area contributed by atoms with E-state index >= 15 is 0 Å². The molecule has 0 fully saturated rings. The summed E-state index contributed by atoms with van der Waals surface area (Å²) in [6.45, 7) is 18.3. The molecule has 0 aromatic heterocycles. The van der Waals surface area contributed by atoms with Crippen LogP contribution in [0.2, 0.25) is 3.67 Å². The maximum absolute atomic E-state index is 8.92. The van der Waals surface area contributed by atoms with Gasteiger partial charge in [-0.1, -0.05) is 0 Å². The minimum absolute atomic E-state index is 0.0156. The number of aryl methyl sites for hydroxylation is 2. The van der Waals surface area contributed by atoms with Crippen molar-refractivity contribution >= 4 is 20.4 Å². The van der Waals surface area contributed by atoms with E-state index in [0.717, 1.165) is 24.0 Å². The molecule has 0 aliphatic heterocycles. The normalized spacial score (nSPS) is 15.1. The quantitative estimate of drug-likeness (QED) is 0.139. The van der Waals surface area contributed by atoms with Gasteiger partial charge in [0.1, 0.15) is 0 Å². The van der Waals surface area contributed by atoms with E-state index in [0.29, 0.717) is 0 Å². The van der Waals surface area contributed by atoms with Crippen molar-refractivity contribution < 1.29 is 15.7 Å². The van der Waals surface area contributed by atoms with Crippen LogP contribution in [-0.2, 0) is 39.3 Å². The van der Waals surface area contributed by atoms with E-state index in [1.807, 2.05) is 0 Å². The van der Waals surface area contributed by atoms with Gasteiger partial charge >= 0.3 is 313 Å². The van der Waals surface area contributed by atoms with Crippen LogP contribution in [0.5, 0.6) is 0 Å². The first-order valence-corrected chi connectivity index (χ1v) is 33.8. The summed E-state index contributed by atoms with van der Waals surface area (Å²) in [5, 5.41) is 0. The van der Waals surface area contributed by atoms with Crippen molar-refractivity contribution in [3.63, 3.8) is 0 Å². The van der Waals surface area contributed by atoms with Crippen LogP contribution in [0.4, 0.5) is 0 Å². The predicted molar refractivity (Wildman–Crippen MR) is 218 cm³/mol. The van der Waals surface area contributed by atoms with Gasteiger partial charge in [0, 0.05) is 0 Å². The Morgan fingerprint density at radius 2 is 0.980 bits per heavy atom. The zero-order valence-corrected chi connectivity index (χ0v) is 36.7. The van der Waals surface area contributed by atoms with Gasteiger partial charge in [-0.25, -0.2) is 0 Å². The summed E-state index contributed by atoms with van der Waals surface area (Å²) in [7, 11) is 17.8. The van der Waals surface area contributed by atoms with Crippen LogP contribution < -0.4 is 0 Å². The van der Waals surface area contributed by atoms with Crippen LogP contribution in [0, 0.1) is 0 Å². The van der Waals surface area contributed by atoms with Gasteiger partial charge in [-0.15, -0.1) is 0 Å². The van der Waals surface area contributed by atoms with Gasteiger partial charge in [-0.3, -0.25) is 0 Å². The maximum atomic E-state index is 8.92. The van der Waals surface area contributed by atoms with Gasteiger partial charge < -0.3 is 0 Å². The summed E-state index contributed by atoms with van der Waals surface area (Å²) in [4.78, 5) is 0. The first-order valence-electron chi connectivity index (χ1n) is 18.9. The summed E-state index contributed by atoms with van der Waals surface area (Å²) < 4.78 is 0.990. The summed E-state index contributed by atoms with van der Waals surface area (Å²) in [6.07, 6.45) is 15.8. The third-order valence-corrected chi connectivity index (χ3v) is 39.3. The SMILES string of the molecule is CCCCc1ccc([C](c2ccc(CCCC)cc2)=[Hf]([Cl])([Cl])([CH]2C=CC=C2)[CH]2c3cc(C(C)(C)C)ccc3-c3ccc(C(C)(C)C)cc32)cc1. The second-order valence-electron chi connectivity index (χ2n) is 17.0. The molecule has 2 aliphatic rings. The van der Waals surface area contributed by atoms with Crippen LogP contribution in [-0.4, -0.2) is 3.26 Å². The summed E-state index contributed by atoms with van der Waals surface area (Å²) >= 11 is -5.62. The molecule has 50 heavy (non-hydrogen) atoms. The number of rotatable bonds is 10. The second-order valence-corrected chi connectivity index (χ2v) is 46.4. The second kappa shape index (κ2) is 14.2. The van der Waals surface area contributed by atoms with Crippen molar-refractivity contribution in [3.05, 3.63) is 154 Å². The Labute approximate surface area is 310 Å². The molecule has 0 saturated carbocycles. The molecular formula is C47H56Cl2Hf. The molecule has 0 unspecified atom stereocenters. The number of hydrogen-bond acceptors (Lipinski definition) is 0. The standard InChI is InChI=1S/C21H25.C21H26.C5H5.2ClH.Hf/c1-20(2,3)16-7-9-18-14(12-16)11-15-13-17(21(4,5)6)8-10-19(15)18;1-3-5-7-18-9-13-20(14-10-18)17-21-15-11-19(12-16-21)8-6-4-2;1-2-4-5-3-1;;;/h7-13H,1-6H3;9-16H,3-8H2,1-2H3;1-5H;2*1H;/q;;;;;+2/p-2. The Morgan fingerprint density at radius 1 is 0.580 bits per heavy atom. The fourth-order valence-electron chi connectivity index (χ4n) is 8.21. The Kier molecular flexibility index (Phi) is 10.7. The third-order valence-electron chi connectivity index (χ3n) is 11.2. The average Bonchev–Trinajstić information content (AvgIpc) is 3.75. The van der Waals surface area contributed by atoms with Gasteiger partial charge in [0.15, 0.2) is 0 Å². The first kappa shape index (κ1) is 37.4. The molecule has 0 spiro atoms. The van der Waals surface area contributed by atoms with Crippen LogP contribution in [0.1, 0.15) is 129 Å². The molecule has 0 atom stereocenters. The van der Waals surface area contributed by atoms with E-state index in [9.17, 15) is 0 Å². The Balaban J connectivity index is 1.76. The van der Waals surface area contributed by atoms with Crippen LogP contribution in [0.25, 0.3) is 11.1 Å². The summed E-state index contributed by atoms with van der Waals surface area (Å²) in [5.41, 5.74) is 12.8. The van der Waals surface area contributed by atoms with Gasteiger partial charge in [0.25, 0.3) is 0 Å². The van der Waals surface area contributed by atoms with Gasteiger partial charge in [0.2, 0.25) is 0 Å². The van der Waals surface area contributed by atoms with E-state index in [1.165, 1.54) is 73.4 Å². The number of fused-ring (bicyclic) bond motifs is 3. The molecule has 6 rings (SSSR count). The predicted octanol–water partition coefficient (Wildman–Crippen LogP) is 14.2. The summed E-state index contributed by atoms with van der Waals surface area (Å²) in [5.74, 6) is 0. The Hall–Kier alpha value is -2.32. The number of benzene rings is 4. The Bertz CT molecular complexity index is 1860. The molecule has 0 amide bonds. The molecule has 3 heteroatoms. The minimum atomic E-state index is -5.62. The molecule has 4 aromatic carbocycles. The van der Waals surface area contributed by atoms with E-state index in [2.05, 4.69) is 165 Å². The molecule has 0 radical (unpaired) electrons. The molecule has 0 N–H and O–H groups in total. The monoisotopic (exact) mass is 870 g/mol. The average molecular weight is 870 g/mol. The van der Waals surface area contributed by atoms with Gasteiger partial charge in [-0.05, 0) is 0 Å². The van der Waals surface area contributed by atoms with Crippen LogP contribution in [0.15, 0.2) is 109 Å². The van der Waals surface area contributed by atoms with Crippen molar-refractivity contribution in [2.75, 3.05) is 0 Å². The Morgan fingerprint density at radius 3 is 1.34 bits per heavy atom. The van der Waals surface area contributed by atoms with Gasteiger partial charge in [0.05, 0.1) is 0 Å². The van der Waals surface area contributed by atoms with Crippen molar-refractivity contribution in [2.45, 2.75) is 112 Å². The van der Waals surface area contributed by atoms with Crippen LogP contribution >= 0.6 is 17.2 Å². The molecule has 0 bridgehead atoms. The molecule has 0 saturated heterocycles. The first-order chi connectivity index (χ1) is 23.7. The zero-order valence-electron chi connectivity index (χ0n) is 31.5. The van der Waals surface area contributed by atoms with Gasteiger partial charge in [-0.2, -0.15) is 0 Å². The number of halogens is 2.